The molecule has 1 aliphatic heterocycles. The van der Waals surface area contributed by atoms with Gasteiger partial charge >= 0.3 is 0 Å². The van der Waals surface area contributed by atoms with E-state index in [1.54, 1.807) is 15.9 Å². The minimum Gasteiger partial charge on any atom is -0.394 e. The zero-order valence-corrected chi connectivity index (χ0v) is 7.03. The highest BCUT2D eigenvalue weighted by Gasteiger charge is 2.18. The first-order chi connectivity index (χ1) is 5.77. The summed E-state index contributed by atoms with van der Waals surface area (Å²) in [5.41, 5.74) is 6.38. The highest BCUT2D eigenvalue weighted by Crippen LogP contribution is 2.22. The van der Waals surface area contributed by atoms with Crippen molar-refractivity contribution in [3.05, 3.63) is 6.20 Å². The van der Waals surface area contributed by atoms with Crippen molar-refractivity contribution >= 4 is 11.5 Å². The van der Waals surface area contributed by atoms with Gasteiger partial charge in [0.15, 0.2) is 5.82 Å². The molecule has 1 fully saturated rings. The first-order valence-electron chi connectivity index (χ1n) is 3.97. The number of nitrogen functional groups attached to an aromatic ring is 1. The lowest BCUT2D eigenvalue weighted by atomic mass is 10.4. The molecule has 0 spiro atoms. The van der Waals surface area contributed by atoms with Crippen LogP contribution in [0.2, 0.25) is 0 Å². The van der Waals surface area contributed by atoms with Gasteiger partial charge in [0.1, 0.15) is 0 Å². The van der Waals surface area contributed by atoms with E-state index in [1.807, 2.05) is 7.05 Å². The van der Waals surface area contributed by atoms with Crippen LogP contribution in [-0.2, 0) is 11.9 Å². The molecular weight excluding hydrogens is 156 g/mol. The topological polar surface area (TPSA) is 56.3 Å². The van der Waals surface area contributed by atoms with Crippen LogP contribution in [0.3, 0.4) is 0 Å². The van der Waals surface area contributed by atoms with Gasteiger partial charge in [0.05, 0.1) is 12.3 Å². The van der Waals surface area contributed by atoms with Crippen LogP contribution in [0.15, 0.2) is 6.20 Å². The first kappa shape index (κ1) is 7.42. The van der Waals surface area contributed by atoms with Crippen molar-refractivity contribution in [3.8, 4) is 0 Å². The number of nitrogens with two attached hydrogens (primary N) is 1. The summed E-state index contributed by atoms with van der Waals surface area (Å²) < 4.78 is 1.69. The smallest absolute Gasteiger partial charge is 0.197 e. The Kier molecular flexibility index (Phi) is 1.65. The minimum atomic E-state index is 0.666. The zero-order valence-electron chi connectivity index (χ0n) is 7.03. The van der Waals surface area contributed by atoms with E-state index in [4.69, 9.17) is 10.6 Å². The second-order valence-corrected chi connectivity index (χ2v) is 2.87. The third-order valence-electron chi connectivity index (χ3n) is 1.83. The van der Waals surface area contributed by atoms with Crippen molar-refractivity contribution in [2.75, 3.05) is 23.9 Å². The highest BCUT2D eigenvalue weighted by atomic mass is 16.7. The van der Waals surface area contributed by atoms with E-state index in [0.29, 0.717) is 5.69 Å². The Balaban J connectivity index is 2.25. The van der Waals surface area contributed by atoms with Crippen LogP contribution in [0.4, 0.5) is 11.5 Å². The van der Waals surface area contributed by atoms with Crippen LogP contribution in [0.1, 0.15) is 6.42 Å². The van der Waals surface area contributed by atoms with Gasteiger partial charge in [0.25, 0.3) is 0 Å². The summed E-state index contributed by atoms with van der Waals surface area (Å²) in [6.07, 6.45) is 2.81. The fourth-order valence-electron chi connectivity index (χ4n) is 1.30. The summed E-state index contributed by atoms with van der Waals surface area (Å²) in [7, 11) is 1.84. The van der Waals surface area contributed by atoms with Crippen molar-refractivity contribution in [2.45, 2.75) is 6.42 Å². The number of hydroxylamine groups is 1. The van der Waals surface area contributed by atoms with Gasteiger partial charge in [-0.25, -0.2) is 5.06 Å². The van der Waals surface area contributed by atoms with Crippen molar-refractivity contribution in [3.63, 3.8) is 0 Å². The van der Waals surface area contributed by atoms with Gasteiger partial charge in [-0.3, -0.25) is 9.52 Å². The van der Waals surface area contributed by atoms with E-state index in [0.717, 1.165) is 25.4 Å². The van der Waals surface area contributed by atoms with Gasteiger partial charge in [0.2, 0.25) is 0 Å². The van der Waals surface area contributed by atoms with Crippen molar-refractivity contribution in [2.24, 2.45) is 7.05 Å². The van der Waals surface area contributed by atoms with Crippen LogP contribution >= 0.6 is 0 Å². The van der Waals surface area contributed by atoms with Gasteiger partial charge in [0, 0.05) is 19.8 Å². The molecule has 5 nitrogen and oxygen atoms in total. The standard InChI is InChI=1S/C7H12N4O/c1-10-5-6(8)7(9-10)11-3-2-4-12-11/h5H,2-4,8H2,1H3. The van der Waals surface area contributed by atoms with Gasteiger partial charge in [-0.05, 0) is 6.42 Å². The number of hydrogen-bond donors (Lipinski definition) is 1. The lowest BCUT2D eigenvalue weighted by molar-refractivity contribution is 0.166. The molecule has 0 bridgehead atoms. The largest absolute Gasteiger partial charge is 0.394 e. The molecule has 0 aliphatic carbocycles. The molecule has 1 aromatic rings. The molecule has 1 saturated heterocycles. The maximum atomic E-state index is 5.72. The fraction of sp³-hybridized carbons (Fsp3) is 0.571. The third kappa shape index (κ3) is 1.12. The summed E-state index contributed by atoms with van der Waals surface area (Å²) in [6, 6.07) is 0. The van der Waals surface area contributed by atoms with E-state index >= 15 is 0 Å². The number of anilines is 2. The van der Waals surface area contributed by atoms with Crippen LogP contribution < -0.4 is 10.8 Å². The lowest BCUT2D eigenvalue weighted by Crippen LogP contribution is -2.17. The van der Waals surface area contributed by atoms with Crippen LogP contribution in [0.25, 0.3) is 0 Å². The summed E-state index contributed by atoms with van der Waals surface area (Å²) in [5, 5.41) is 5.93. The molecule has 1 aromatic heterocycles. The molecule has 2 heterocycles. The highest BCUT2D eigenvalue weighted by molar-refractivity contribution is 5.60. The van der Waals surface area contributed by atoms with E-state index in [9.17, 15) is 0 Å². The molecular formula is C7H12N4O. The van der Waals surface area contributed by atoms with E-state index in [1.165, 1.54) is 0 Å². The molecule has 0 amide bonds. The van der Waals surface area contributed by atoms with Crippen LogP contribution in [0, 0.1) is 0 Å². The molecule has 0 atom stereocenters. The summed E-state index contributed by atoms with van der Waals surface area (Å²) in [6.45, 7) is 1.64. The third-order valence-corrected chi connectivity index (χ3v) is 1.83. The lowest BCUT2D eigenvalue weighted by Gasteiger charge is -2.12. The van der Waals surface area contributed by atoms with Crippen molar-refractivity contribution < 1.29 is 4.84 Å². The Bertz CT molecular complexity index is 277. The normalized spacial score (nSPS) is 17.2. The Morgan fingerprint density at radius 3 is 3.00 bits per heavy atom. The average Bonchev–Trinajstić information content (AvgIpc) is 2.58. The molecule has 2 rings (SSSR count). The van der Waals surface area contributed by atoms with Gasteiger partial charge in [-0.15, -0.1) is 0 Å². The van der Waals surface area contributed by atoms with Crippen LogP contribution in [-0.4, -0.2) is 22.9 Å². The summed E-state index contributed by atoms with van der Waals surface area (Å²) in [5.74, 6) is 0.731. The number of hydrogen-bond acceptors (Lipinski definition) is 4. The van der Waals surface area contributed by atoms with Gasteiger partial charge in [-0.1, -0.05) is 0 Å². The van der Waals surface area contributed by atoms with Crippen LogP contribution in [0.5, 0.6) is 0 Å². The maximum absolute atomic E-state index is 5.72. The monoisotopic (exact) mass is 168 g/mol. The number of aromatic nitrogens is 2. The molecule has 0 radical (unpaired) electrons. The van der Waals surface area contributed by atoms with E-state index < -0.39 is 0 Å². The molecule has 12 heavy (non-hydrogen) atoms. The average molecular weight is 168 g/mol. The molecule has 0 aromatic carbocycles. The molecule has 5 heteroatoms. The SMILES string of the molecule is Cn1cc(N)c(N2CCCO2)n1. The Hall–Kier alpha value is -1.23. The molecule has 0 unspecified atom stereocenters. The zero-order chi connectivity index (χ0) is 8.55. The predicted octanol–water partition coefficient (Wildman–Crippen LogP) is 0.144. The summed E-state index contributed by atoms with van der Waals surface area (Å²) in [4.78, 5) is 5.31. The van der Waals surface area contributed by atoms with E-state index in [-0.39, 0.29) is 0 Å². The maximum Gasteiger partial charge on any atom is 0.197 e. The summed E-state index contributed by atoms with van der Waals surface area (Å²) >= 11 is 0. The predicted molar refractivity (Wildman–Crippen MR) is 45.5 cm³/mol. The molecule has 1 aliphatic rings. The minimum absolute atomic E-state index is 0.666. The van der Waals surface area contributed by atoms with Crippen molar-refractivity contribution in [1.82, 2.24) is 9.78 Å². The molecule has 2 N–H and O–H groups in total. The first-order valence-corrected chi connectivity index (χ1v) is 3.97. The molecule has 66 valence electrons. The molecule has 0 saturated carbocycles. The number of rotatable bonds is 1. The number of nitrogens with zero attached hydrogens (tertiary/aromatic N) is 3. The van der Waals surface area contributed by atoms with Crippen molar-refractivity contribution in [1.29, 1.82) is 0 Å². The van der Waals surface area contributed by atoms with E-state index in [2.05, 4.69) is 5.10 Å². The Labute approximate surface area is 70.7 Å². The fourth-order valence-corrected chi connectivity index (χ4v) is 1.30. The van der Waals surface area contributed by atoms with Gasteiger partial charge < -0.3 is 5.73 Å². The second kappa shape index (κ2) is 2.67. The quantitative estimate of drug-likeness (QED) is 0.648. The van der Waals surface area contributed by atoms with Gasteiger partial charge in [-0.2, -0.15) is 5.10 Å². The number of aryl methyl sites for hydroxylation is 1. The second-order valence-electron chi connectivity index (χ2n) is 2.87. The Morgan fingerprint density at radius 2 is 2.50 bits per heavy atom. The Morgan fingerprint density at radius 1 is 1.67 bits per heavy atom.